The van der Waals surface area contributed by atoms with Gasteiger partial charge in [-0.2, -0.15) is 13.2 Å². The van der Waals surface area contributed by atoms with Crippen molar-refractivity contribution in [2.24, 2.45) is 5.92 Å². The van der Waals surface area contributed by atoms with Gasteiger partial charge in [-0.3, -0.25) is 0 Å². The van der Waals surface area contributed by atoms with Gasteiger partial charge in [0.15, 0.2) is 0 Å². The second-order valence-electron chi connectivity index (χ2n) is 10.8. The quantitative estimate of drug-likeness (QED) is 0.0969. The van der Waals surface area contributed by atoms with Crippen LogP contribution in [0.15, 0.2) is 83.6 Å². The van der Waals surface area contributed by atoms with E-state index in [1.54, 1.807) is 0 Å². The Morgan fingerprint density at radius 1 is 0.824 bits per heavy atom. The van der Waals surface area contributed by atoms with Crippen LogP contribution in [0.25, 0.3) is 0 Å². The van der Waals surface area contributed by atoms with Crippen molar-refractivity contribution in [3.8, 4) is 25.7 Å². The van der Waals surface area contributed by atoms with E-state index in [1.165, 1.54) is 48.6 Å². The summed E-state index contributed by atoms with van der Waals surface area (Å²) >= 11 is 0. The van der Waals surface area contributed by atoms with Crippen molar-refractivity contribution in [1.82, 2.24) is 10.2 Å². The minimum atomic E-state index is -4.06. The van der Waals surface area contributed by atoms with E-state index in [0.29, 0.717) is 5.92 Å². The largest absolute Gasteiger partial charge is 0.401 e. The number of halogens is 3. The average molecular weight is 723 g/mol. The summed E-state index contributed by atoms with van der Waals surface area (Å²) in [5.41, 5.74) is 5.67. The molecular weight excluding hydrogens is 638 g/mol. The van der Waals surface area contributed by atoms with Crippen molar-refractivity contribution in [2.75, 3.05) is 34.2 Å². The van der Waals surface area contributed by atoms with Gasteiger partial charge < -0.3 is 10.2 Å². The molecule has 0 aromatic carbocycles. The van der Waals surface area contributed by atoms with Crippen LogP contribution in [-0.4, -0.2) is 45.3 Å². The number of rotatable bonds is 16. The van der Waals surface area contributed by atoms with E-state index < -0.39 is 12.7 Å². The maximum atomic E-state index is 11.0. The Balaban J connectivity index is -0.000000114. The molecule has 1 atom stereocenters. The lowest BCUT2D eigenvalue weighted by molar-refractivity contribution is -0.123. The molecule has 0 aliphatic heterocycles. The van der Waals surface area contributed by atoms with E-state index >= 15 is 0 Å². The van der Waals surface area contributed by atoms with Gasteiger partial charge in [0.2, 0.25) is 0 Å². The molecule has 51 heavy (non-hydrogen) atoms. The molecule has 0 heterocycles. The van der Waals surface area contributed by atoms with Crippen LogP contribution in [0.4, 0.5) is 13.2 Å². The van der Waals surface area contributed by atoms with E-state index in [9.17, 15) is 13.2 Å². The summed E-state index contributed by atoms with van der Waals surface area (Å²) in [5, 5.41) is 1.98. The van der Waals surface area contributed by atoms with Gasteiger partial charge in [-0.25, -0.2) is 0 Å². The predicted molar refractivity (Wildman–Crippen MR) is 233 cm³/mol. The lowest BCUT2D eigenvalue weighted by atomic mass is 9.87. The molecule has 0 rings (SSSR count). The normalized spacial score (nSPS) is 11.8. The Morgan fingerprint density at radius 2 is 1.29 bits per heavy atom. The van der Waals surface area contributed by atoms with Gasteiger partial charge in [0.1, 0.15) is 0 Å². The van der Waals surface area contributed by atoms with Crippen molar-refractivity contribution < 1.29 is 13.2 Å². The van der Waals surface area contributed by atoms with Crippen LogP contribution in [-0.2, 0) is 0 Å². The molecule has 0 fully saturated rings. The van der Waals surface area contributed by atoms with Crippen LogP contribution in [0.5, 0.6) is 0 Å². The monoisotopic (exact) mass is 723 g/mol. The standard InChI is InChI=1S/C28H45N.C4H10.C3H6F3N.C3H8.2C2H6.2C2H2/c1-9-13-15-16-18-20-24(5)22-28(26(19-11-3)21-17-14-10-2)27(12-4)25(6)23-29(7)8;1-3-4-2;1-7-2-3(4,5)6;1-3-2;4*1-2/h10,13,15-19,21-22,25H,2,9,11-12,14,20,23H2,1,3-8H3;3-4H2,1-2H3;7H,2H2,1H3;3H2,1-2H3;2*1-2H3;2*1-2H/b15-13-,18-16-,21-17-,24-22+,26-19+,28-27+;;;;;;;. The van der Waals surface area contributed by atoms with Gasteiger partial charge >= 0.3 is 6.18 Å². The molecule has 0 aliphatic carbocycles. The van der Waals surface area contributed by atoms with Crippen molar-refractivity contribution in [3.05, 3.63) is 83.6 Å². The third-order valence-electron chi connectivity index (χ3n) is 5.62. The third kappa shape index (κ3) is 62.6. The molecule has 0 radical (unpaired) electrons. The van der Waals surface area contributed by atoms with Crippen molar-refractivity contribution in [2.45, 2.75) is 148 Å². The Bertz CT molecular complexity index is 884. The summed E-state index contributed by atoms with van der Waals surface area (Å²) in [6.07, 6.45) is 40.9. The highest BCUT2D eigenvalue weighted by Gasteiger charge is 2.24. The number of alkyl halides is 3. The number of hydrogen-bond donors (Lipinski definition) is 1. The van der Waals surface area contributed by atoms with Gasteiger partial charge in [-0.1, -0.05) is 168 Å². The van der Waals surface area contributed by atoms with E-state index in [1.807, 2.05) is 39.1 Å². The zero-order valence-corrected chi connectivity index (χ0v) is 36.4. The zero-order valence-electron chi connectivity index (χ0n) is 36.4. The maximum Gasteiger partial charge on any atom is 0.401 e. The van der Waals surface area contributed by atoms with Crippen LogP contribution < -0.4 is 5.32 Å². The molecule has 0 saturated carbocycles. The summed E-state index contributed by atoms with van der Waals surface area (Å²) < 4.78 is 33.0. The summed E-state index contributed by atoms with van der Waals surface area (Å²) in [5.74, 6) is 0.519. The van der Waals surface area contributed by atoms with Crippen LogP contribution in [0.1, 0.15) is 141 Å². The molecule has 0 aromatic rings. The first kappa shape index (κ1) is 66.3. The van der Waals surface area contributed by atoms with Crippen molar-refractivity contribution in [1.29, 1.82) is 0 Å². The topological polar surface area (TPSA) is 15.3 Å². The second-order valence-corrected chi connectivity index (χ2v) is 10.8. The third-order valence-corrected chi connectivity index (χ3v) is 5.62. The van der Waals surface area contributed by atoms with Gasteiger partial charge in [0.05, 0.1) is 6.54 Å². The highest BCUT2D eigenvalue weighted by Crippen LogP contribution is 2.29. The fraction of sp³-hybridized carbons (Fsp3) is 0.609. The first-order valence-corrected chi connectivity index (χ1v) is 19.0. The minimum Gasteiger partial charge on any atom is -0.312 e. The summed E-state index contributed by atoms with van der Waals surface area (Å²) in [6, 6.07) is 0. The molecule has 5 heteroatoms. The number of nitrogens with one attached hydrogen (secondary N) is 1. The Labute approximate surface area is 319 Å². The fourth-order valence-corrected chi connectivity index (χ4v) is 3.66. The van der Waals surface area contributed by atoms with Crippen molar-refractivity contribution in [3.63, 3.8) is 0 Å². The molecule has 1 N–H and O–H groups in total. The number of allylic oxidation sites excluding steroid dienone is 12. The Morgan fingerprint density at radius 3 is 1.61 bits per heavy atom. The smallest absolute Gasteiger partial charge is 0.312 e. The van der Waals surface area contributed by atoms with E-state index in [-0.39, 0.29) is 0 Å². The van der Waals surface area contributed by atoms with E-state index in [0.717, 1.165) is 38.6 Å². The number of hydrogen-bond acceptors (Lipinski definition) is 2. The van der Waals surface area contributed by atoms with Crippen LogP contribution in [0, 0.1) is 31.6 Å². The molecule has 0 spiro atoms. The summed E-state index contributed by atoms with van der Waals surface area (Å²) in [6.45, 7) is 31.9. The molecule has 0 saturated heterocycles. The Kier molecular flexibility index (Phi) is 76.9. The average Bonchev–Trinajstić information content (AvgIpc) is 3.11. The van der Waals surface area contributed by atoms with E-state index in [2.05, 4.69) is 162 Å². The molecule has 0 amide bonds. The van der Waals surface area contributed by atoms with Gasteiger partial charge in [0.25, 0.3) is 0 Å². The molecule has 1 unspecified atom stereocenters. The molecule has 0 aliphatic rings. The first-order chi connectivity index (χ1) is 24.3. The van der Waals surface area contributed by atoms with Crippen LogP contribution in [0.2, 0.25) is 0 Å². The molecule has 0 bridgehead atoms. The number of unbranched alkanes of at least 4 members (excludes halogenated alkanes) is 1. The molecule has 2 nitrogen and oxygen atoms in total. The summed E-state index contributed by atoms with van der Waals surface area (Å²) in [4.78, 5) is 2.29. The van der Waals surface area contributed by atoms with E-state index in [4.69, 9.17) is 0 Å². The highest BCUT2D eigenvalue weighted by molar-refractivity contribution is 5.51. The van der Waals surface area contributed by atoms with Crippen LogP contribution in [0.3, 0.4) is 0 Å². The lowest BCUT2D eigenvalue weighted by Crippen LogP contribution is -2.25. The fourth-order valence-electron chi connectivity index (χ4n) is 3.66. The highest BCUT2D eigenvalue weighted by atomic mass is 19.4. The van der Waals surface area contributed by atoms with Crippen LogP contribution >= 0.6 is 0 Å². The Hall–Kier alpha value is -2.99. The number of terminal acetylenes is 2. The molecular formula is C46H85F3N2. The van der Waals surface area contributed by atoms with Gasteiger partial charge in [0, 0.05) is 6.54 Å². The maximum absolute atomic E-state index is 11.0. The van der Waals surface area contributed by atoms with Gasteiger partial charge in [-0.15, -0.1) is 32.3 Å². The molecule has 300 valence electrons. The first-order valence-electron chi connectivity index (χ1n) is 19.0. The molecule has 0 aromatic heterocycles. The number of nitrogens with zero attached hydrogens (tertiary/aromatic N) is 1. The minimum absolute atomic E-state index is 0.519. The predicted octanol–water partition coefficient (Wildman–Crippen LogP) is 14.8. The van der Waals surface area contributed by atoms with Gasteiger partial charge in [-0.05, 0) is 77.2 Å². The lowest BCUT2D eigenvalue weighted by Gasteiger charge is -2.23. The summed E-state index contributed by atoms with van der Waals surface area (Å²) in [7, 11) is 5.57. The zero-order chi connectivity index (χ0) is 42.1. The van der Waals surface area contributed by atoms with Crippen molar-refractivity contribution >= 4 is 0 Å². The second kappa shape index (κ2) is 59.2. The SMILES string of the molecule is C#C.C#C.C=CC\C=C/C(=C\CC)C(/C=C(\C)C/C=C\C=C/CC)=C(\CC)C(C)CN(C)C.CC.CC.CCC.CCCC.CNCC(F)(F)F.